The molecule has 10 aromatic carbocycles. The molecule has 5 aliphatic rings. The Balaban J connectivity index is 0.000000128. The molecule has 0 atom stereocenters. The number of carbonyl (C=O) groups excluding carboxylic acids is 6. The van der Waals surface area contributed by atoms with Crippen LogP contribution in [0.1, 0.15) is 209 Å². The summed E-state index contributed by atoms with van der Waals surface area (Å²) in [6.45, 7) is 42.0. The molecule has 0 aliphatic carbocycles. The normalized spacial score (nSPS) is 15.3. The lowest BCUT2D eigenvalue weighted by molar-refractivity contribution is -0.116. The van der Waals surface area contributed by atoms with Gasteiger partial charge in [-0.2, -0.15) is 0 Å². The molecule has 1 N–H and O–H groups in total. The zero-order chi connectivity index (χ0) is 101. The summed E-state index contributed by atoms with van der Waals surface area (Å²) in [5.41, 5.74) is 21.0. The molecule has 5 saturated heterocycles. The Morgan fingerprint density at radius 1 is 0.364 bits per heavy atom. The number of hydrogen-bond acceptors (Lipinski definition) is 12. The number of aromatic nitrogens is 5. The fourth-order valence-corrected chi connectivity index (χ4v) is 21.8. The van der Waals surface area contributed by atoms with E-state index in [1.165, 1.54) is 74.8 Å². The molecule has 0 amide bonds. The number of nitrogens with zero attached hydrogens (tertiary/aromatic N) is 12. The van der Waals surface area contributed by atoms with E-state index in [4.69, 9.17) is 24.7 Å². The number of fused-ring (bicyclic) bond motifs is 5. The van der Waals surface area contributed by atoms with Gasteiger partial charge < -0.3 is 27.9 Å². The van der Waals surface area contributed by atoms with Gasteiger partial charge in [-0.05, 0) is 296 Å². The number of Topliss-reactive ketones (excluding diaryl/α,β-unsaturated/α-hetero) is 6. The predicted octanol–water partition coefficient (Wildman–Crippen LogP) is 25.8. The molecule has 5 aliphatic heterocycles. The number of halogens is 4. The molecule has 5 fully saturated rings. The first-order valence-electron chi connectivity index (χ1n) is 50.8. The lowest BCUT2D eigenvalue weighted by Crippen LogP contribution is -2.39. The highest BCUT2D eigenvalue weighted by Crippen LogP contribution is 2.39. The Labute approximate surface area is 841 Å². The standard InChI is InChI=1S/C26H27N3O2.C26H29N3O.C23H25ClN2O.C23H24F2N2O.C22H23FN2O2/c1-18(30)15-20-7-12-23-24(16-20)29(22-10-8-21(27-3)9-11-22)19(2)26(23)25(31)17-28-13-5-4-6-14-28;1-4-8-20-9-14-23-24(17-20)29(22-12-10-21(27-3)11-13-22)19(2)26(23)25(30)18-28-15-6-5-7-16-28;1-2-20-23(22(27)16-25-14-6-3-7-15-25)19-8-4-5-9-21(19)26(20)18-12-10-17(24)11-13-18;1-15-9-11-26(12-10-15)14-22(28)23-16(2)27(21-6-4-3-5-18(21)23)17-7-8-19(24)20(25)13-17;1-15-22(21(27)14-24-12-10-18(26)11-13-24)19-4-2-3-5-20(19)25(15)17-8-6-16(23)7-9-17/h7-12,16H,4-6,13-15,17H2,1-2H3;9-14,17H,4-8,15-16,18H2,1-2H3;4-5,8-13H,2-3,6-7,14-16H2,1H3;3-8,13,15H,9-12,14H2,1-2H3;2-9,18,26H,10-14H2,1H3. The van der Waals surface area contributed by atoms with E-state index in [1.807, 2.05) is 176 Å². The van der Waals surface area contributed by atoms with Gasteiger partial charge in [0.05, 0.1) is 79.6 Å². The van der Waals surface area contributed by atoms with Crippen LogP contribution in [-0.2, 0) is 24.1 Å². The van der Waals surface area contributed by atoms with Gasteiger partial charge in [0.1, 0.15) is 11.6 Å². The van der Waals surface area contributed by atoms with E-state index in [2.05, 4.69) is 99.0 Å². The SMILES string of the molecule is CCc1c(C(=O)CN2CCCCC2)c2ccccc2n1-c1ccc(Cl)cc1.Cc1c(C(=O)CN2CCC(C)CC2)c2ccccc2n1-c1ccc(F)c(F)c1.Cc1c(C(=O)CN2CCC(O)CC2)c2ccccc2n1-c1ccc(F)cc1.[C-]#[N+]c1ccc(-n2c(C)c(C(=O)CN3CCCCC3)c3ccc(CC(C)=O)cc32)cc1.[C-]#[N+]c1ccc(-n2c(C)c(C(=O)CN3CCCCC3)c3ccc(CCC)cc32)cc1. The third-order valence-corrected chi connectivity index (χ3v) is 29.1. The van der Waals surface area contributed by atoms with E-state index in [1.54, 1.807) is 31.2 Å². The zero-order valence-electron chi connectivity index (χ0n) is 83.4. The quantitative estimate of drug-likeness (QED) is 0.0425. The summed E-state index contributed by atoms with van der Waals surface area (Å²) in [5, 5.41) is 15.1. The minimum atomic E-state index is -0.898. The van der Waals surface area contributed by atoms with E-state index >= 15 is 0 Å². The number of hydrogen-bond donors (Lipinski definition) is 1. The molecule has 23 heteroatoms. The summed E-state index contributed by atoms with van der Waals surface area (Å²) in [6.07, 6.45) is 17.5. The molecule has 10 heterocycles. The second-order valence-electron chi connectivity index (χ2n) is 39.0. The molecule has 15 aromatic rings. The topological polar surface area (TPSA) is 172 Å². The van der Waals surface area contributed by atoms with Gasteiger partial charge >= 0.3 is 0 Å². The predicted molar refractivity (Wildman–Crippen MR) is 570 cm³/mol. The van der Waals surface area contributed by atoms with Crippen molar-refractivity contribution in [1.82, 2.24) is 47.3 Å². The fraction of sp³-hybridized carbons (Fsp3) is 0.350. The lowest BCUT2D eigenvalue weighted by atomic mass is 9.98. The summed E-state index contributed by atoms with van der Waals surface area (Å²) in [7, 11) is 0. The molecule has 0 bridgehead atoms. The van der Waals surface area contributed by atoms with Crippen molar-refractivity contribution in [2.75, 3.05) is 98.2 Å². The van der Waals surface area contributed by atoms with Crippen LogP contribution in [0.2, 0.25) is 5.02 Å². The Kier molecular flexibility index (Phi) is 34.0. The van der Waals surface area contributed by atoms with Gasteiger partial charge in [0, 0.05) is 142 Å². The highest BCUT2D eigenvalue weighted by Gasteiger charge is 2.32. The van der Waals surface area contributed by atoms with Gasteiger partial charge in [-0.15, -0.1) is 0 Å². The molecule has 0 saturated carbocycles. The number of para-hydroxylation sites is 3. The number of aryl methyl sites for hydroxylation is 1. The van der Waals surface area contributed by atoms with Crippen molar-refractivity contribution in [3.8, 4) is 28.4 Å². The minimum Gasteiger partial charge on any atom is -0.393 e. The van der Waals surface area contributed by atoms with Crippen molar-refractivity contribution < 1.29 is 47.0 Å². The van der Waals surface area contributed by atoms with Gasteiger partial charge in [0.15, 0.2) is 51.9 Å². The van der Waals surface area contributed by atoms with Crippen molar-refractivity contribution in [2.45, 2.75) is 171 Å². The van der Waals surface area contributed by atoms with Gasteiger partial charge in [-0.25, -0.2) is 22.9 Å². The van der Waals surface area contributed by atoms with E-state index in [0.29, 0.717) is 80.5 Å². The van der Waals surface area contributed by atoms with Crippen molar-refractivity contribution in [3.05, 3.63) is 337 Å². The van der Waals surface area contributed by atoms with E-state index in [-0.39, 0.29) is 46.6 Å². The number of rotatable bonds is 25. The average Bonchev–Trinajstić information content (AvgIpc) is 1.62. The van der Waals surface area contributed by atoms with Crippen LogP contribution >= 0.6 is 11.6 Å². The molecule has 0 radical (unpaired) electrons. The molecule has 738 valence electrons. The number of carbonyl (C=O) groups is 6. The first-order valence-corrected chi connectivity index (χ1v) is 51.1. The number of likely N-dealkylation sites (tertiary alicyclic amines) is 5. The molecule has 0 spiro atoms. The van der Waals surface area contributed by atoms with Crippen LogP contribution < -0.4 is 0 Å². The van der Waals surface area contributed by atoms with Crippen molar-refractivity contribution in [1.29, 1.82) is 0 Å². The van der Waals surface area contributed by atoms with Gasteiger partial charge in [0.2, 0.25) is 0 Å². The molecular formula is C120H128ClF3N12O7. The van der Waals surface area contributed by atoms with Gasteiger partial charge in [-0.3, -0.25) is 53.3 Å². The number of ketones is 6. The second-order valence-corrected chi connectivity index (χ2v) is 39.4. The highest BCUT2D eigenvalue weighted by molar-refractivity contribution is 6.30. The molecule has 19 nitrogen and oxygen atoms in total. The largest absolute Gasteiger partial charge is 0.393 e. The van der Waals surface area contributed by atoms with Crippen molar-refractivity contribution in [3.63, 3.8) is 0 Å². The van der Waals surface area contributed by atoms with Gasteiger partial charge in [0.25, 0.3) is 0 Å². The molecule has 20 rings (SSSR count). The van der Waals surface area contributed by atoms with Crippen molar-refractivity contribution >= 4 is 112 Å². The molecule has 0 unspecified atom stereocenters. The Morgan fingerprint density at radius 2 is 0.692 bits per heavy atom. The molecule has 143 heavy (non-hydrogen) atoms. The van der Waals surface area contributed by atoms with Crippen LogP contribution in [0.3, 0.4) is 0 Å². The molecular weight excluding hydrogens is 1810 g/mol. The van der Waals surface area contributed by atoms with Crippen LogP contribution in [0.4, 0.5) is 24.5 Å². The second kappa shape index (κ2) is 47.3. The van der Waals surface area contributed by atoms with Crippen LogP contribution in [0.25, 0.3) is 92.6 Å². The average molecular weight is 1940 g/mol. The van der Waals surface area contributed by atoms with Crippen molar-refractivity contribution in [2.24, 2.45) is 5.92 Å². The summed E-state index contributed by atoms with van der Waals surface area (Å²) >= 11 is 6.09. The highest BCUT2D eigenvalue weighted by atomic mass is 35.5. The maximum atomic E-state index is 13.8. The molecule has 5 aromatic heterocycles. The lowest BCUT2D eigenvalue weighted by Gasteiger charge is -2.29. The van der Waals surface area contributed by atoms with E-state index < -0.39 is 11.6 Å². The summed E-state index contributed by atoms with van der Waals surface area (Å²) in [5.74, 6) is -0.502. The van der Waals surface area contributed by atoms with Crippen LogP contribution in [0.15, 0.2) is 224 Å². The summed E-state index contributed by atoms with van der Waals surface area (Å²) in [4.78, 5) is 96.3. The van der Waals surface area contributed by atoms with Crippen LogP contribution in [-0.4, -0.2) is 191 Å². The number of aliphatic hydroxyl groups is 1. The smallest absolute Gasteiger partial charge is 0.187 e. The first kappa shape index (κ1) is 103. The van der Waals surface area contributed by atoms with Gasteiger partial charge in [-0.1, -0.05) is 161 Å². The first-order chi connectivity index (χ1) is 69.3. The minimum absolute atomic E-state index is 0.0737. The monoisotopic (exact) mass is 1940 g/mol. The van der Waals surface area contributed by atoms with Crippen LogP contribution in [0, 0.1) is 64.2 Å². The fourth-order valence-electron chi connectivity index (χ4n) is 21.7. The number of aliphatic hydroxyl groups excluding tert-OH is 1. The summed E-state index contributed by atoms with van der Waals surface area (Å²) < 4.78 is 50.9. The van der Waals surface area contributed by atoms with E-state index in [0.717, 1.165) is 255 Å². The Bertz CT molecular complexity index is 7220. The number of benzene rings is 10. The maximum absolute atomic E-state index is 13.8. The Morgan fingerprint density at radius 3 is 1.09 bits per heavy atom. The third kappa shape index (κ3) is 23.6. The van der Waals surface area contributed by atoms with Crippen LogP contribution in [0.5, 0.6) is 0 Å². The third-order valence-electron chi connectivity index (χ3n) is 28.9. The maximum Gasteiger partial charge on any atom is 0.187 e. The zero-order valence-corrected chi connectivity index (χ0v) is 84.2. The number of piperidine rings is 5. The summed E-state index contributed by atoms with van der Waals surface area (Å²) in [6, 6.07) is 69.2. The van der Waals surface area contributed by atoms with E-state index in [9.17, 15) is 47.0 Å². The Hall–Kier alpha value is -13.3.